The molecule has 2 amide bonds. The molecule has 5 heteroatoms. The molecule has 0 aromatic heterocycles. The lowest BCUT2D eigenvalue weighted by molar-refractivity contribution is -0.131. The van der Waals surface area contributed by atoms with Gasteiger partial charge in [-0.05, 0) is 37.1 Å². The zero-order chi connectivity index (χ0) is 16.7. The molecule has 0 spiro atoms. The molecule has 0 saturated carbocycles. The van der Waals surface area contributed by atoms with Crippen molar-refractivity contribution in [1.29, 1.82) is 5.26 Å². The molecule has 1 aromatic carbocycles. The highest BCUT2D eigenvalue weighted by molar-refractivity contribution is 5.92. The van der Waals surface area contributed by atoms with Crippen LogP contribution in [0.25, 0.3) is 0 Å². The normalized spacial score (nSPS) is 14.7. The number of nitrogens with zero attached hydrogens (tertiary/aromatic N) is 3. The highest BCUT2D eigenvalue weighted by Gasteiger charge is 2.18. The van der Waals surface area contributed by atoms with Crippen molar-refractivity contribution in [2.75, 3.05) is 24.5 Å². The maximum Gasteiger partial charge on any atom is 0.224 e. The number of carbonyl (C=O) groups excluding carboxylic acids is 2. The van der Waals surface area contributed by atoms with Crippen molar-refractivity contribution in [3.05, 3.63) is 29.8 Å². The van der Waals surface area contributed by atoms with Gasteiger partial charge >= 0.3 is 0 Å². The summed E-state index contributed by atoms with van der Waals surface area (Å²) in [6, 6.07) is 8.91. The summed E-state index contributed by atoms with van der Waals surface area (Å²) in [5.74, 6) is 0.0187. The van der Waals surface area contributed by atoms with Crippen LogP contribution in [-0.4, -0.2) is 36.3 Å². The molecular formula is C18H23N3O2. The minimum absolute atomic E-state index is 0.0987. The van der Waals surface area contributed by atoms with Gasteiger partial charge in [0.15, 0.2) is 0 Å². The van der Waals surface area contributed by atoms with Crippen LogP contribution in [0, 0.1) is 11.3 Å². The molecule has 5 nitrogen and oxygen atoms in total. The molecule has 0 unspecified atom stereocenters. The fourth-order valence-corrected chi connectivity index (χ4v) is 2.87. The lowest BCUT2D eigenvalue weighted by Crippen LogP contribution is -2.36. The number of benzene rings is 1. The third kappa shape index (κ3) is 4.82. The van der Waals surface area contributed by atoms with Gasteiger partial charge in [-0.15, -0.1) is 0 Å². The van der Waals surface area contributed by atoms with Gasteiger partial charge in [0.25, 0.3) is 0 Å². The van der Waals surface area contributed by atoms with Crippen molar-refractivity contribution in [2.24, 2.45) is 0 Å². The number of anilines is 1. The SMILES string of the molecule is CC(=O)N(CCC(=O)N1CCCCCC1)c1ccc(C#N)cc1. The Labute approximate surface area is 137 Å². The maximum absolute atomic E-state index is 12.4. The Morgan fingerprint density at radius 1 is 1.13 bits per heavy atom. The molecule has 0 bridgehead atoms. The Morgan fingerprint density at radius 3 is 2.26 bits per heavy atom. The number of nitriles is 1. The van der Waals surface area contributed by atoms with Crippen molar-refractivity contribution in [1.82, 2.24) is 4.90 Å². The Hall–Kier alpha value is -2.35. The molecule has 1 aromatic rings. The summed E-state index contributed by atoms with van der Waals surface area (Å²) in [7, 11) is 0. The van der Waals surface area contributed by atoms with E-state index >= 15 is 0 Å². The lowest BCUT2D eigenvalue weighted by atomic mass is 10.2. The molecule has 1 fully saturated rings. The van der Waals surface area contributed by atoms with E-state index in [4.69, 9.17) is 5.26 Å². The Morgan fingerprint density at radius 2 is 1.74 bits per heavy atom. The number of amides is 2. The van der Waals surface area contributed by atoms with Crippen LogP contribution in [0.4, 0.5) is 5.69 Å². The van der Waals surface area contributed by atoms with Gasteiger partial charge in [-0.3, -0.25) is 9.59 Å². The predicted octanol–water partition coefficient (Wildman–Crippen LogP) is 2.70. The first-order valence-corrected chi connectivity index (χ1v) is 8.18. The van der Waals surface area contributed by atoms with Crippen LogP contribution >= 0.6 is 0 Å². The van der Waals surface area contributed by atoms with E-state index in [-0.39, 0.29) is 11.8 Å². The number of hydrogen-bond acceptors (Lipinski definition) is 3. The number of rotatable bonds is 4. The molecule has 0 radical (unpaired) electrons. The molecule has 122 valence electrons. The smallest absolute Gasteiger partial charge is 0.224 e. The van der Waals surface area contributed by atoms with E-state index in [0.717, 1.165) is 31.6 Å². The average Bonchev–Trinajstić information content (AvgIpc) is 2.84. The van der Waals surface area contributed by atoms with E-state index in [1.54, 1.807) is 29.2 Å². The largest absolute Gasteiger partial charge is 0.343 e. The summed E-state index contributed by atoms with van der Waals surface area (Å²) in [5.41, 5.74) is 1.28. The van der Waals surface area contributed by atoms with Gasteiger partial charge < -0.3 is 9.80 Å². The van der Waals surface area contributed by atoms with E-state index < -0.39 is 0 Å². The van der Waals surface area contributed by atoms with Gasteiger partial charge in [-0.25, -0.2) is 0 Å². The second-order valence-electron chi connectivity index (χ2n) is 5.87. The second kappa shape index (κ2) is 8.33. The first-order chi connectivity index (χ1) is 11.1. The zero-order valence-electron chi connectivity index (χ0n) is 13.6. The first kappa shape index (κ1) is 17.0. The Kier molecular flexibility index (Phi) is 6.16. The van der Waals surface area contributed by atoms with Crippen LogP contribution in [0.2, 0.25) is 0 Å². The number of hydrogen-bond donors (Lipinski definition) is 0. The van der Waals surface area contributed by atoms with Crippen LogP contribution in [-0.2, 0) is 9.59 Å². The van der Waals surface area contributed by atoms with Gasteiger partial charge in [0.2, 0.25) is 11.8 Å². The van der Waals surface area contributed by atoms with E-state index in [9.17, 15) is 9.59 Å². The van der Waals surface area contributed by atoms with Crippen molar-refractivity contribution >= 4 is 17.5 Å². The van der Waals surface area contributed by atoms with E-state index in [1.165, 1.54) is 19.8 Å². The van der Waals surface area contributed by atoms with Gasteiger partial charge in [-0.2, -0.15) is 5.26 Å². The van der Waals surface area contributed by atoms with Gasteiger partial charge in [0.1, 0.15) is 0 Å². The first-order valence-electron chi connectivity index (χ1n) is 8.18. The summed E-state index contributed by atoms with van der Waals surface area (Å²) in [6.45, 7) is 3.52. The highest BCUT2D eigenvalue weighted by Crippen LogP contribution is 2.17. The fraction of sp³-hybridized carbons (Fsp3) is 0.500. The van der Waals surface area contributed by atoms with Crippen LogP contribution in [0.3, 0.4) is 0 Å². The highest BCUT2D eigenvalue weighted by atomic mass is 16.2. The van der Waals surface area contributed by atoms with Crippen molar-refractivity contribution < 1.29 is 9.59 Å². The summed E-state index contributed by atoms with van der Waals surface area (Å²) in [4.78, 5) is 27.7. The van der Waals surface area contributed by atoms with Gasteiger partial charge in [0, 0.05) is 38.7 Å². The quantitative estimate of drug-likeness (QED) is 0.858. The third-order valence-corrected chi connectivity index (χ3v) is 4.20. The minimum Gasteiger partial charge on any atom is -0.343 e. The molecule has 2 rings (SSSR count). The topological polar surface area (TPSA) is 64.4 Å². The second-order valence-corrected chi connectivity index (χ2v) is 5.87. The molecule has 1 saturated heterocycles. The maximum atomic E-state index is 12.4. The van der Waals surface area contributed by atoms with Crippen molar-refractivity contribution in [3.8, 4) is 6.07 Å². The molecule has 23 heavy (non-hydrogen) atoms. The van der Waals surface area contributed by atoms with Crippen LogP contribution in [0.15, 0.2) is 24.3 Å². The van der Waals surface area contributed by atoms with E-state index in [0.29, 0.717) is 18.5 Å². The molecule has 0 atom stereocenters. The lowest BCUT2D eigenvalue weighted by Gasteiger charge is -2.24. The number of likely N-dealkylation sites (tertiary alicyclic amines) is 1. The summed E-state index contributed by atoms with van der Waals surface area (Å²) in [6.07, 6.45) is 4.85. The van der Waals surface area contributed by atoms with Gasteiger partial charge in [-0.1, -0.05) is 12.8 Å². The monoisotopic (exact) mass is 313 g/mol. The number of carbonyl (C=O) groups is 2. The predicted molar refractivity (Wildman–Crippen MR) is 88.8 cm³/mol. The third-order valence-electron chi connectivity index (χ3n) is 4.20. The van der Waals surface area contributed by atoms with E-state index in [1.807, 2.05) is 4.90 Å². The molecule has 0 N–H and O–H groups in total. The van der Waals surface area contributed by atoms with Crippen LogP contribution in [0.1, 0.15) is 44.6 Å². The summed E-state index contributed by atoms with van der Waals surface area (Å²) in [5, 5.41) is 8.84. The molecule has 1 heterocycles. The van der Waals surface area contributed by atoms with Crippen molar-refractivity contribution in [2.45, 2.75) is 39.0 Å². The van der Waals surface area contributed by atoms with Crippen LogP contribution < -0.4 is 4.90 Å². The van der Waals surface area contributed by atoms with E-state index in [2.05, 4.69) is 6.07 Å². The minimum atomic E-state index is -0.0987. The fourth-order valence-electron chi connectivity index (χ4n) is 2.87. The molecular weight excluding hydrogens is 290 g/mol. The van der Waals surface area contributed by atoms with Crippen LogP contribution in [0.5, 0.6) is 0 Å². The van der Waals surface area contributed by atoms with Crippen molar-refractivity contribution in [3.63, 3.8) is 0 Å². The summed E-state index contributed by atoms with van der Waals surface area (Å²) < 4.78 is 0. The Balaban J connectivity index is 1.97. The zero-order valence-corrected chi connectivity index (χ0v) is 13.6. The molecule has 0 aliphatic carbocycles. The standard InChI is InChI=1S/C18H23N3O2/c1-15(22)21(17-8-6-16(14-19)7-9-17)13-10-18(23)20-11-4-2-3-5-12-20/h6-9H,2-5,10-13H2,1H3. The Bertz CT molecular complexity index is 581. The average molecular weight is 313 g/mol. The molecule has 1 aliphatic rings. The van der Waals surface area contributed by atoms with Gasteiger partial charge in [0.05, 0.1) is 11.6 Å². The molecule has 1 aliphatic heterocycles. The summed E-state index contributed by atoms with van der Waals surface area (Å²) >= 11 is 0.